The van der Waals surface area contributed by atoms with Gasteiger partial charge in [0.2, 0.25) is 11.8 Å². The van der Waals surface area contributed by atoms with E-state index in [1.54, 1.807) is 21.9 Å². The van der Waals surface area contributed by atoms with Crippen LogP contribution in [0.25, 0.3) is 0 Å². The molecule has 6 nitrogen and oxygen atoms in total. The zero-order chi connectivity index (χ0) is 26.5. The molecule has 2 aromatic rings. The molecular weight excluding hydrogens is 471 g/mol. The van der Waals surface area contributed by atoms with Crippen LogP contribution in [0.3, 0.4) is 0 Å². The van der Waals surface area contributed by atoms with Crippen LogP contribution in [0.4, 0.5) is 4.39 Å². The average molecular weight is 515 g/mol. The first-order chi connectivity index (χ1) is 17.9. The molecule has 0 bridgehead atoms. The smallest absolute Gasteiger partial charge is 0.242 e. The molecule has 1 unspecified atom stereocenters. The number of hydrogen-bond acceptors (Lipinski definition) is 4. The number of unbranched alkanes of at least 4 members (excludes halogenated alkanes) is 6. The second kappa shape index (κ2) is 15.6. The molecule has 1 atom stereocenters. The predicted molar refractivity (Wildman–Crippen MR) is 142 cm³/mol. The number of halogens is 1. The van der Waals surface area contributed by atoms with E-state index in [2.05, 4.69) is 6.92 Å². The first kappa shape index (κ1) is 28.9. The van der Waals surface area contributed by atoms with E-state index in [9.17, 15) is 14.0 Å². The molecule has 0 N–H and O–H groups in total. The van der Waals surface area contributed by atoms with E-state index in [1.165, 1.54) is 37.8 Å². The fourth-order valence-corrected chi connectivity index (χ4v) is 4.74. The quantitative estimate of drug-likeness (QED) is 0.243. The summed E-state index contributed by atoms with van der Waals surface area (Å²) in [5.41, 5.74) is 0.818. The molecule has 7 heteroatoms. The number of aryl methyl sites for hydroxylation is 1. The highest BCUT2D eigenvalue weighted by molar-refractivity contribution is 5.85. The van der Waals surface area contributed by atoms with Crippen molar-refractivity contribution < 1.29 is 23.1 Å². The molecule has 204 valence electrons. The molecule has 1 aromatic carbocycles. The fourth-order valence-electron chi connectivity index (χ4n) is 4.74. The summed E-state index contributed by atoms with van der Waals surface area (Å²) < 4.78 is 25.0. The topological polar surface area (TPSA) is 63.0 Å². The standard InChI is InChI=1S/C30H43FN2O4/c1-3-4-5-6-7-8-9-12-29(34)33(21-27-11-10-19-36-27)23-30(35)32(22-28-18-13-24(2)37-28)20-25-14-16-26(31)17-15-25/h13-18,27H,3-12,19-23H2,1-2H3. The van der Waals surface area contributed by atoms with Gasteiger partial charge >= 0.3 is 0 Å². The minimum Gasteiger partial charge on any atom is -0.464 e. The Morgan fingerprint density at radius 1 is 0.919 bits per heavy atom. The molecule has 37 heavy (non-hydrogen) atoms. The van der Waals surface area contributed by atoms with Crippen molar-refractivity contribution >= 4 is 11.8 Å². The lowest BCUT2D eigenvalue weighted by molar-refractivity contribution is -0.142. The van der Waals surface area contributed by atoms with Gasteiger partial charge in [0, 0.05) is 26.1 Å². The third-order valence-electron chi connectivity index (χ3n) is 6.90. The highest BCUT2D eigenvalue weighted by Crippen LogP contribution is 2.18. The van der Waals surface area contributed by atoms with Crippen molar-refractivity contribution in [2.45, 2.75) is 97.2 Å². The van der Waals surface area contributed by atoms with Crippen LogP contribution in [0, 0.1) is 12.7 Å². The maximum Gasteiger partial charge on any atom is 0.242 e. The minimum absolute atomic E-state index is 0.00389. The summed E-state index contributed by atoms with van der Waals surface area (Å²) in [5, 5.41) is 0. The molecule has 0 radical (unpaired) electrons. The van der Waals surface area contributed by atoms with Crippen molar-refractivity contribution in [2.75, 3.05) is 19.7 Å². The number of ether oxygens (including phenoxy) is 1. The number of benzene rings is 1. The van der Waals surface area contributed by atoms with Crippen molar-refractivity contribution in [1.29, 1.82) is 0 Å². The lowest BCUT2D eigenvalue weighted by Crippen LogP contribution is -2.45. The Kier molecular flexibility index (Phi) is 12.1. The van der Waals surface area contributed by atoms with Crippen molar-refractivity contribution in [3.63, 3.8) is 0 Å². The first-order valence-electron chi connectivity index (χ1n) is 13.9. The summed E-state index contributed by atoms with van der Waals surface area (Å²) in [6.07, 6.45) is 10.3. The number of carbonyl (C=O) groups is 2. The van der Waals surface area contributed by atoms with E-state index < -0.39 is 0 Å². The van der Waals surface area contributed by atoms with Gasteiger partial charge in [-0.25, -0.2) is 4.39 Å². The summed E-state index contributed by atoms with van der Waals surface area (Å²) in [5.74, 6) is 0.973. The van der Waals surface area contributed by atoms with Gasteiger partial charge in [-0.05, 0) is 56.0 Å². The van der Waals surface area contributed by atoms with E-state index in [1.807, 2.05) is 19.1 Å². The molecule has 1 aliphatic rings. The van der Waals surface area contributed by atoms with E-state index in [4.69, 9.17) is 9.15 Å². The maximum atomic E-state index is 13.6. The van der Waals surface area contributed by atoms with Crippen molar-refractivity contribution in [3.8, 4) is 0 Å². The fraction of sp³-hybridized carbons (Fsp3) is 0.600. The third kappa shape index (κ3) is 10.3. The zero-order valence-electron chi connectivity index (χ0n) is 22.6. The molecule has 2 amide bonds. The van der Waals surface area contributed by atoms with Crippen LogP contribution >= 0.6 is 0 Å². The Morgan fingerprint density at radius 3 is 2.30 bits per heavy atom. The molecule has 1 aliphatic heterocycles. The second-order valence-electron chi connectivity index (χ2n) is 10.2. The van der Waals surface area contributed by atoms with Gasteiger partial charge < -0.3 is 19.0 Å². The normalized spacial score (nSPS) is 15.2. The van der Waals surface area contributed by atoms with Gasteiger partial charge in [0.05, 0.1) is 19.2 Å². The number of nitrogens with zero attached hydrogens (tertiary/aromatic N) is 2. The summed E-state index contributed by atoms with van der Waals surface area (Å²) in [6, 6.07) is 9.87. The van der Waals surface area contributed by atoms with Crippen LogP contribution in [-0.4, -0.2) is 47.4 Å². The van der Waals surface area contributed by atoms with Crippen LogP contribution in [-0.2, 0) is 27.4 Å². The molecule has 1 aromatic heterocycles. The van der Waals surface area contributed by atoms with E-state index >= 15 is 0 Å². The monoisotopic (exact) mass is 514 g/mol. The van der Waals surface area contributed by atoms with Crippen molar-refractivity contribution in [1.82, 2.24) is 9.80 Å². The number of carbonyl (C=O) groups excluding carboxylic acids is 2. The molecule has 1 saturated heterocycles. The summed E-state index contributed by atoms with van der Waals surface area (Å²) in [7, 11) is 0. The summed E-state index contributed by atoms with van der Waals surface area (Å²) in [4.78, 5) is 30.1. The molecular formula is C30H43FN2O4. The Hall–Kier alpha value is -2.67. The van der Waals surface area contributed by atoms with Crippen LogP contribution in [0.2, 0.25) is 0 Å². The number of hydrogen-bond donors (Lipinski definition) is 0. The minimum atomic E-state index is -0.318. The lowest BCUT2D eigenvalue weighted by atomic mass is 10.1. The van der Waals surface area contributed by atoms with Gasteiger partial charge in [0.1, 0.15) is 17.3 Å². The first-order valence-corrected chi connectivity index (χ1v) is 13.9. The predicted octanol–water partition coefficient (Wildman–Crippen LogP) is 6.40. The lowest BCUT2D eigenvalue weighted by Gasteiger charge is -2.29. The van der Waals surface area contributed by atoms with Gasteiger partial charge in [-0.1, -0.05) is 57.6 Å². The molecule has 3 rings (SSSR count). The number of amides is 2. The van der Waals surface area contributed by atoms with Gasteiger partial charge in [-0.3, -0.25) is 9.59 Å². The van der Waals surface area contributed by atoms with E-state index in [0.29, 0.717) is 31.9 Å². The third-order valence-corrected chi connectivity index (χ3v) is 6.90. The van der Waals surface area contributed by atoms with Crippen LogP contribution in [0.1, 0.15) is 88.2 Å². The average Bonchev–Trinajstić information content (AvgIpc) is 3.55. The van der Waals surface area contributed by atoms with Gasteiger partial charge in [-0.15, -0.1) is 0 Å². The maximum absolute atomic E-state index is 13.6. The second-order valence-corrected chi connectivity index (χ2v) is 10.2. The molecule has 0 spiro atoms. The van der Waals surface area contributed by atoms with Gasteiger partial charge in [0.25, 0.3) is 0 Å². The van der Waals surface area contributed by atoms with Crippen LogP contribution < -0.4 is 0 Å². The molecule has 0 saturated carbocycles. The van der Waals surface area contributed by atoms with E-state index in [0.717, 1.165) is 43.4 Å². The molecule has 2 heterocycles. The highest BCUT2D eigenvalue weighted by atomic mass is 19.1. The van der Waals surface area contributed by atoms with Crippen LogP contribution in [0.15, 0.2) is 40.8 Å². The SMILES string of the molecule is CCCCCCCCCC(=O)N(CC(=O)N(Cc1ccc(F)cc1)Cc1ccc(C)o1)CC1CCCO1. The molecule has 0 aliphatic carbocycles. The largest absolute Gasteiger partial charge is 0.464 e. The Morgan fingerprint density at radius 2 is 1.65 bits per heavy atom. The van der Waals surface area contributed by atoms with E-state index in [-0.39, 0.29) is 36.8 Å². The Labute approximate surface area is 221 Å². The number of furan rings is 1. The van der Waals surface area contributed by atoms with Gasteiger partial charge in [-0.2, -0.15) is 0 Å². The highest BCUT2D eigenvalue weighted by Gasteiger charge is 2.26. The van der Waals surface area contributed by atoms with Crippen molar-refractivity contribution in [3.05, 3.63) is 59.3 Å². The van der Waals surface area contributed by atoms with Gasteiger partial charge in [0.15, 0.2) is 0 Å². The summed E-state index contributed by atoms with van der Waals surface area (Å²) in [6.45, 7) is 5.79. The Bertz CT molecular complexity index is 953. The summed E-state index contributed by atoms with van der Waals surface area (Å²) >= 11 is 0. The Balaban J connectivity index is 1.64. The molecule has 1 fully saturated rings. The van der Waals surface area contributed by atoms with Crippen LogP contribution in [0.5, 0.6) is 0 Å². The van der Waals surface area contributed by atoms with Crippen molar-refractivity contribution in [2.24, 2.45) is 0 Å². The number of rotatable bonds is 16. The zero-order valence-corrected chi connectivity index (χ0v) is 22.6.